The lowest BCUT2D eigenvalue weighted by Gasteiger charge is -2.36. The Bertz CT molecular complexity index is 958. The molecule has 5 rings (SSSR count). The topological polar surface area (TPSA) is 71.3 Å². The molecule has 3 aliphatic heterocycles. The van der Waals surface area contributed by atoms with Gasteiger partial charge < -0.3 is 28.7 Å². The lowest BCUT2D eigenvalue weighted by molar-refractivity contribution is 0.0680. The SMILES string of the molecule is O=C(c1cc(N2CCOCC2)no1)N1CCCCN2CCCCC2CCc2cccc(c2)OCC1. The van der Waals surface area contributed by atoms with Crippen LogP contribution in [-0.4, -0.2) is 86.0 Å². The average Bonchev–Trinajstić information content (AvgIpc) is 3.40. The molecule has 0 radical (unpaired) electrons. The second-order valence-electron chi connectivity index (χ2n) is 9.87. The number of morpholine rings is 1. The number of amides is 1. The predicted molar refractivity (Wildman–Crippen MR) is 134 cm³/mol. The summed E-state index contributed by atoms with van der Waals surface area (Å²) in [7, 11) is 0. The molecule has 1 aromatic heterocycles. The van der Waals surface area contributed by atoms with Crippen LogP contribution in [0.15, 0.2) is 34.9 Å². The summed E-state index contributed by atoms with van der Waals surface area (Å²) in [5, 5.41) is 4.16. The summed E-state index contributed by atoms with van der Waals surface area (Å²) in [6, 6.07) is 10.9. The maximum atomic E-state index is 13.4. The second kappa shape index (κ2) is 11.9. The molecule has 2 saturated heterocycles. The Labute approximate surface area is 208 Å². The van der Waals surface area contributed by atoms with E-state index >= 15 is 0 Å². The number of hydrogen-bond acceptors (Lipinski definition) is 7. The summed E-state index contributed by atoms with van der Waals surface area (Å²) in [5.74, 6) is 1.76. The molecule has 2 bridgehead atoms. The first-order chi connectivity index (χ1) is 17.3. The molecule has 1 aromatic carbocycles. The molecule has 0 spiro atoms. The summed E-state index contributed by atoms with van der Waals surface area (Å²) in [6.07, 6.45) is 8.25. The zero-order valence-corrected chi connectivity index (χ0v) is 20.7. The van der Waals surface area contributed by atoms with Crippen LogP contribution in [0.1, 0.15) is 54.6 Å². The summed E-state index contributed by atoms with van der Waals surface area (Å²) in [4.78, 5) is 20.0. The van der Waals surface area contributed by atoms with Gasteiger partial charge in [-0.1, -0.05) is 23.7 Å². The molecule has 8 nitrogen and oxygen atoms in total. The van der Waals surface area contributed by atoms with Crippen molar-refractivity contribution in [2.75, 3.05) is 64.0 Å². The van der Waals surface area contributed by atoms with Crippen LogP contribution in [0.2, 0.25) is 0 Å². The van der Waals surface area contributed by atoms with Crippen molar-refractivity contribution in [3.05, 3.63) is 41.7 Å². The quantitative estimate of drug-likeness (QED) is 0.648. The van der Waals surface area contributed by atoms with Gasteiger partial charge in [0.2, 0.25) is 5.76 Å². The lowest BCUT2D eigenvalue weighted by atomic mass is 9.95. The van der Waals surface area contributed by atoms with Crippen molar-refractivity contribution in [2.24, 2.45) is 0 Å². The van der Waals surface area contributed by atoms with Crippen LogP contribution >= 0.6 is 0 Å². The van der Waals surface area contributed by atoms with E-state index in [1.54, 1.807) is 6.07 Å². The highest BCUT2D eigenvalue weighted by Gasteiger charge is 2.25. The lowest BCUT2D eigenvalue weighted by Crippen LogP contribution is -2.40. The van der Waals surface area contributed by atoms with E-state index < -0.39 is 0 Å². The smallest absolute Gasteiger partial charge is 0.292 e. The van der Waals surface area contributed by atoms with Crippen LogP contribution in [0.25, 0.3) is 0 Å². The molecule has 0 saturated carbocycles. The highest BCUT2D eigenvalue weighted by molar-refractivity contribution is 5.92. The minimum absolute atomic E-state index is 0.116. The minimum Gasteiger partial charge on any atom is -0.492 e. The molecule has 35 heavy (non-hydrogen) atoms. The standard InChI is InChI=1S/C27H38N4O4/c32-27(25-21-26(28-35-25)30-14-17-33-18-15-30)31-13-4-3-12-29-11-2-1-7-23(29)10-9-22-6-5-8-24(20-22)34-19-16-31/h5-6,8,20-21,23H,1-4,7,9-19H2. The van der Waals surface area contributed by atoms with Gasteiger partial charge in [0, 0.05) is 31.7 Å². The third-order valence-corrected chi connectivity index (χ3v) is 7.50. The normalized spacial score (nSPS) is 23.0. The van der Waals surface area contributed by atoms with Crippen molar-refractivity contribution >= 4 is 11.7 Å². The fraction of sp³-hybridized carbons (Fsp3) is 0.630. The van der Waals surface area contributed by atoms with E-state index in [9.17, 15) is 4.79 Å². The largest absolute Gasteiger partial charge is 0.492 e. The van der Waals surface area contributed by atoms with Gasteiger partial charge in [-0.2, -0.15) is 0 Å². The number of carbonyl (C=O) groups excluding carboxylic acids is 1. The summed E-state index contributed by atoms with van der Waals surface area (Å²) in [6.45, 7) is 6.80. The Morgan fingerprint density at radius 1 is 0.886 bits per heavy atom. The Balaban J connectivity index is 1.27. The molecule has 2 aromatic rings. The number of fused-ring (bicyclic) bond motifs is 3. The van der Waals surface area contributed by atoms with E-state index in [2.05, 4.69) is 33.2 Å². The molecular weight excluding hydrogens is 444 g/mol. The molecule has 1 atom stereocenters. The maximum Gasteiger partial charge on any atom is 0.292 e. The molecule has 3 aliphatic rings. The predicted octanol–water partition coefficient (Wildman–Crippen LogP) is 3.61. The van der Waals surface area contributed by atoms with E-state index in [0.29, 0.717) is 50.5 Å². The Morgan fingerprint density at radius 3 is 2.60 bits per heavy atom. The van der Waals surface area contributed by atoms with Gasteiger partial charge in [0.1, 0.15) is 12.4 Å². The first-order valence-electron chi connectivity index (χ1n) is 13.3. The third kappa shape index (κ3) is 6.35. The number of hydrogen-bond donors (Lipinski definition) is 0. The van der Waals surface area contributed by atoms with Gasteiger partial charge in [-0.25, -0.2) is 0 Å². The zero-order chi connectivity index (χ0) is 23.9. The monoisotopic (exact) mass is 482 g/mol. The van der Waals surface area contributed by atoms with Crippen molar-refractivity contribution in [3.8, 4) is 5.75 Å². The zero-order valence-electron chi connectivity index (χ0n) is 20.7. The highest BCUT2D eigenvalue weighted by Crippen LogP contribution is 2.24. The number of anilines is 1. The van der Waals surface area contributed by atoms with E-state index in [1.807, 2.05) is 11.0 Å². The molecule has 8 heteroatoms. The van der Waals surface area contributed by atoms with Crippen LogP contribution in [0, 0.1) is 0 Å². The molecule has 1 unspecified atom stereocenters. The van der Waals surface area contributed by atoms with Gasteiger partial charge in [-0.05, 0) is 69.3 Å². The minimum atomic E-state index is -0.116. The van der Waals surface area contributed by atoms with Gasteiger partial charge in [0.15, 0.2) is 5.82 Å². The van der Waals surface area contributed by atoms with Gasteiger partial charge >= 0.3 is 0 Å². The van der Waals surface area contributed by atoms with Crippen molar-refractivity contribution in [1.29, 1.82) is 0 Å². The number of rotatable bonds is 2. The fourth-order valence-corrected chi connectivity index (χ4v) is 5.48. The number of aromatic nitrogens is 1. The van der Waals surface area contributed by atoms with Crippen LogP contribution < -0.4 is 9.64 Å². The summed E-state index contributed by atoms with van der Waals surface area (Å²) >= 11 is 0. The third-order valence-electron chi connectivity index (χ3n) is 7.50. The van der Waals surface area contributed by atoms with E-state index in [4.69, 9.17) is 14.0 Å². The summed E-state index contributed by atoms with van der Waals surface area (Å²) in [5.41, 5.74) is 1.33. The average molecular weight is 483 g/mol. The number of benzene rings is 1. The fourth-order valence-electron chi connectivity index (χ4n) is 5.48. The molecule has 2 fully saturated rings. The first kappa shape index (κ1) is 24.1. The Kier molecular flexibility index (Phi) is 8.21. The second-order valence-corrected chi connectivity index (χ2v) is 9.87. The van der Waals surface area contributed by atoms with Crippen molar-refractivity contribution < 1.29 is 18.8 Å². The van der Waals surface area contributed by atoms with Gasteiger partial charge in [0.05, 0.1) is 19.8 Å². The van der Waals surface area contributed by atoms with Crippen LogP contribution in [0.4, 0.5) is 5.82 Å². The van der Waals surface area contributed by atoms with Gasteiger partial charge in [-0.15, -0.1) is 0 Å². The molecule has 190 valence electrons. The van der Waals surface area contributed by atoms with Crippen LogP contribution in [-0.2, 0) is 11.2 Å². The van der Waals surface area contributed by atoms with Gasteiger partial charge in [0.25, 0.3) is 5.91 Å². The molecule has 4 heterocycles. The number of nitrogens with zero attached hydrogens (tertiary/aromatic N) is 4. The van der Waals surface area contributed by atoms with Crippen LogP contribution in [0.5, 0.6) is 5.75 Å². The number of piperidine rings is 1. The van der Waals surface area contributed by atoms with E-state index in [-0.39, 0.29) is 5.91 Å². The number of carbonyl (C=O) groups is 1. The molecular formula is C27H38N4O4. The van der Waals surface area contributed by atoms with Gasteiger partial charge in [-0.3, -0.25) is 4.79 Å². The first-order valence-corrected chi connectivity index (χ1v) is 13.3. The Hall–Kier alpha value is -2.58. The molecule has 0 aliphatic carbocycles. The van der Waals surface area contributed by atoms with Crippen molar-refractivity contribution in [2.45, 2.75) is 51.0 Å². The molecule has 1 amide bonds. The highest BCUT2D eigenvalue weighted by atomic mass is 16.5. The number of aryl methyl sites for hydroxylation is 1. The van der Waals surface area contributed by atoms with E-state index in [0.717, 1.165) is 44.6 Å². The van der Waals surface area contributed by atoms with E-state index in [1.165, 1.54) is 37.8 Å². The Morgan fingerprint density at radius 2 is 1.71 bits per heavy atom. The van der Waals surface area contributed by atoms with Crippen LogP contribution in [0.3, 0.4) is 0 Å². The van der Waals surface area contributed by atoms with Crippen molar-refractivity contribution in [1.82, 2.24) is 15.0 Å². The maximum absolute atomic E-state index is 13.4. The summed E-state index contributed by atoms with van der Waals surface area (Å²) < 4.78 is 17.0. The van der Waals surface area contributed by atoms with Crippen molar-refractivity contribution in [3.63, 3.8) is 0 Å². The molecule has 0 N–H and O–H groups in total. The number of ether oxygens (including phenoxy) is 2.